The van der Waals surface area contributed by atoms with Crippen molar-refractivity contribution in [3.05, 3.63) is 18.0 Å². The molecule has 0 aromatic carbocycles. The molecule has 11 heavy (non-hydrogen) atoms. The zero-order valence-electron chi connectivity index (χ0n) is 6.20. The van der Waals surface area contributed by atoms with Crippen LogP contribution < -0.4 is 0 Å². The average molecular weight is 148 g/mol. The van der Waals surface area contributed by atoms with Crippen LogP contribution in [0.2, 0.25) is 0 Å². The summed E-state index contributed by atoms with van der Waals surface area (Å²) < 4.78 is 0. The van der Waals surface area contributed by atoms with Gasteiger partial charge in [-0.1, -0.05) is 6.92 Å². The highest BCUT2D eigenvalue weighted by Crippen LogP contribution is 2.06. The second-order valence-electron chi connectivity index (χ2n) is 2.34. The molecule has 2 aromatic heterocycles. The maximum absolute atomic E-state index is 4.18. The number of aromatic amines is 1. The Balaban J connectivity index is 2.67. The van der Waals surface area contributed by atoms with E-state index in [4.69, 9.17) is 0 Å². The quantitative estimate of drug-likeness (QED) is 0.654. The van der Waals surface area contributed by atoms with Crippen LogP contribution in [-0.2, 0) is 6.42 Å². The van der Waals surface area contributed by atoms with Gasteiger partial charge in [0.15, 0.2) is 0 Å². The number of hydrogen-bond donors (Lipinski definition) is 1. The number of aromatic nitrogens is 4. The molecule has 0 radical (unpaired) electrons. The first-order valence-corrected chi connectivity index (χ1v) is 3.55. The number of rotatable bonds is 1. The van der Waals surface area contributed by atoms with Crippen LogP contribution in [0.15, 0.2) is 12.3 Å². The lowest BCUT2D eigenvalue weighted by atomic mass is 10.3. The molecule has 0 atom stereocenters. The smallest absolute Gasteiger partial charge is 0.131 e. The van der Waals surface area contributed by atoms with Gasteiger partial charge >= 0.3 is 0 Å². The molecule has 0 aliphatic carbocycles. The van der Waals surface area contributed by atoms with E-state index >= 15 is 0 Å². The Kier molecular flexibility index (Phi) is 1.31. The Morgan fingerprint density at radius 2 is 2.18 bits per heavy atom. The third-order valence-electron chi connectivity index (χ3n) is 1.62. The maximum atomic E-state index is 4.18. The molecular formula is C7H8N4. The number of pyridine rings is 1. The molecule has 56 valence electrons. The molecule has 0 amide bonds. The van der Waals surface area contributed by atoms with Gasteiger partial charge in [0.2, 0.25) is 0 Å². The molecule has 2 aromatic rings. The molecule has 4 heteroatoms. The standard InChI is InChI=1S/C7H8N4/c1-2-5-3-6-7(4-8-5)10-11-9-6/h3-4H,2H2,1H3,(H,9,10,11). The molecule has 0 aliphatic rings. The van der Waals surface area contributed by atoms with E-state index in [-0.39, 0.29) is 0 Å². The van der Waals surface area contributed by atoms with Gasteiger partial charge in [-0.25, -0.2) is 0 Å². The monoisotopic (exact) mass is 148 g/mol. The fraction of sp³-hybridized carbons (Fsp3) is 0.286. The second-order valence-corrected chi connectivity index (χ2v) is 2.34. The minimum atomic E-state index is 0.821. The van der Waals surface area contributed by atoms with Crippen molar-refractivity contribution in [2.24, 2.45) is 0 Å². The lowest BCUT2D eigenvalue weighted by molar-refractivity contribution is 0.959. The van der Waals surface area contributed by atoms with Gasteiger partial charge in [-0.05, 0) is 12.5 Å². The zero-order chi connectivity index (χ0) is 7.68. The summed E-state index contributed by atoms with van der Waals surface area (Å²) in [4.78, 5) is 4.18. The highest BCUT2D eigenvalue weighted by molar-refractivity contribution is 5.72. The molecule has 4 nitrogen and oxygen atoms in total. The van der Waals surface area contributed by atoms with Crippen LogP contribution in [-0.4, -0.2) is 20.4 Å². The molecule has 0 fully saturated rings. The predicted octanol–water partition coefficient (Wildman–Crippen LogP) is 0.915. The van der Waals surface area contributed by atoms with E-state index in [9.17, 15) is 0 Å². The van der Waals surface area contributed by atoms with E-state index in [1.807, 2.05) is 6.07 Å². The molecule has 0 bridgehead atoms. The first-order chi connectivity index (χ1) is 5.40. The van der Waals surface area contributed by atoms with Crippen molar-refractivity contribution in [1.29, 1.82) is 0 Å². The summed E-state index contributed by atoms with van der Waals surface area (Å²) in [6.07, 6.45) is 2.67. The van der Waals surface area contributed by atoms with E-state index in [1.54, 1.807) is 6.20 Å². The molecule has 0 saturated heterocycles. The zero-order valence-corrected chi connectivity index (χ0v) is 6.20. The largest absolute Gasteiger partial charge is 0.259 e. The van der Waals surface area contributed by atoms with E-state index < -0.39 is 0 Å². The molecule has 2 rings (SSSR count). The van der Waals surface area contributed by atoms with Crippen LogP contribution in [0.1, 0.15) is 12.6 Å². The van der Waals surface area contributed by atoms with Crippen molar-refractivity contribution >= 4 is 11.0 Å². The topological polar surface area (TPSA) is 54.5 Å². The van der Waals surface area contributed by atoms with E-state index in [1.165, 1.54) is 0 Å². The Bertz CT molecular complexity index is 365. The highest BCUT2D eigenvalue weighted by Gasteiger charge is 1.98. The maximum Gasteiger partial charge on any atom is 0.131 e. The second kappa shape index (κ2) is 2.30. The SMILES string of the molecule is CCc1cc2n[nH]nc2cn1. The van der Waals surface area contributed by atoms with Crippen molar-refractivity contribution in [3.8, 4) is 0 Å². The van der Waals surface area contributed by atoms with Crippen molar-refractivity contribution in [2.75, 3.05) is 0 Å². The summed E-state index contributed by atoms with van der Waals surface area (Å²) in [5, 5.41) is 10.4. The van der Waals surface area contributed by atoms with Crippen molar-refractivity contribution < 1.29 is 0 Å². The van der Waals surface area contributed by atoms with Crippen molar-refractivity contribution in [1.82, 2.24) is 20.4 Å². The highest BCUT2D eigenvalue weighted by atomic mass is 15.3. The minimum Gasteiger partial charge on any atom is -0.259 e. The molecule has 1 N–H and O–H groups in total. The number of nitrogens with one attached hydrogen (secondary N) is 1. The summed E-state index contributed by atoms with van der Waals surface area (Å²) in [6, 6.07) is 1.94. The first-order valence-electron chi connectivity index (χ1n) is 3.55. The summed E-state index contributed by atoms with van der Waals surface area (Å²) in [6.45, 7) is 2.06. The fourth-order valence-electron chi connectivity index (χ4n) is 0.981. The summed E-state index contributed by atoms with van der Waals surface area (Å²) in [5.74, 6) is 0. The number of nitrogens with zero attached hydrogens (tertiary/aromatic N) is 3. The van der Waals surface area contributed by atoms with Crippen LogP contribution in [0.5, 0.6) is 0 Å². The van der Waals surface area contributed by atoms with E-state index in [0.29, 0.717) is 0 Å². The molecular weight excluding hydrogens is 140 g/mol. The number of hydrogen-bond acceptors (Lipinski definition) is 3. The van der Waals surface area contributed by atoms with Crippen LogP contribution in [0.25, 0.3) is 11.0 Å². The van der Waals surface area contributed by atoms with Gasteiger partial charge in [-0.3, -0.25) is 4.98 Å². The van der Waals surface area contributed by atoms with Gasteiger partial charge in [0.25, 0.3) is 0 Å². The van der Waals surface area contributed by atoms with Gasteiger partial charge in [0.1, 0.15) is 11.0 Å². The predicted molar refractivity (Wildman–Crippen MR) is 41.1 cm³/mol. The van der Waals surface area contributed by atoms with Gasteiger partial charge in [0, 0.05) is 5.69 Å². The van der Waals surface area contributed by atoms with Crippen molar-refractivity contribution in [3.63, 3.8) is 0 Å². The lowest BCUT2D eigenvalue weighted by Crippen LogP contribution is -1.84. The van der Waals surface area contributed by atoms with E-state index in [0.717, 1.165) is 23.1 Å². The molecule has 2 heterocycles. The van der Waals surface area contributed by atoms with Gasteiger partial charge in [0.05, 0.1) is 6.20 Å². The number of aryl methyl sites for hydroxylation is 1. The Morgan fingerprint density at radius 1 is 1.36 bits per heavy atom. The molecule has 0 unspecified atom stereocenters. The van der Waals surface area contributed by atoms with Crippen LogP contribution >= 0.6 is 0 Å². The van der Waals surface area contributed by atoms with Crippen molar-refractivity contribution in [2.45, 2.75) is 13.3 Å². The lowest BCUT2D eigenvalue weighted by Gasteiger charge is -1.91. The van der Waals surface area contributed by atoms with Crippen LogP contribution in [0.4, 0.5) is 0 Å². The Labute approximate surface area is 63.6 Å². The Hall–Kier alpha value is -1.45. The van der Waals surface area contributed by atoms with Crippen LogP contribution in [0.3, 0.4) is 0 Å². The molecule has 0 aliphatic heterocycles. The van der Waals surface area contributed by atoms with E-state index in [2.05, 4.69) is 27.3 Å². The fourth-order valence-corrected chi connectivity index (χ4v) is 0.981. The van der Waals surface area contributed by atoms with Gasteiger partial charge in [-0.2, -0.15) is 15.4 Å². The normalized spacial score (nSPS) is 10.6. The molecule has 0 saturated carbocycles. The third kappa shape index (κ3) is 0.960. The Morgan fingerprint density at radius 3 is 3.00 bits per heavy atom. The first kappa shape index (κ1) is 6.27. The molecule has 0 spiro atoms. The average Bonchev–Trinajstić information content (AvgIpc) is 2.50. The van der Waals surface area contributed by atoms with Gasteiger partial charge in [-0.15, -0.1) is 0 Å². The third-order valence-corrected chi connectivity index (χ3v) is 1.62. The van der Waals surface area contributed by atoms with Gasteiger partial charge < -0.3 is 0 Å². The summed E-state index contributed by atoms with van der Waals surface area (Å²) >= 11 is 0. The number of fused-ring (bicyclic) bond motifs is 1. The summed E-state index contributed by atoms with van der Waals surface area (Å²) in [7, 11) is 0. The minimum absolute atomic E-state index is 0.821. The summed E-state index contributed by atoms with van der Waals surface area (Å²) in [5.41, 5.74) is 2.76. The van der Waals surface area contributed by atoms with Crippen LogP contribution in [0, 0.1) is 0 Å². The number of H-pyrrole nitrogens is 1.